The predicted octanol–water partition coefficient (Wildman–Crippen LogP) is 2.80. The second kappa shape index (κ2) is 4.14. The molecule has 1 saturated carbocycles. The summed E-state index contributed by atoms with van der Waals surface area (Å²) >= 11 is 0. The van der Waals surface area contributed by atoms with Gasteiger partial charge in [-0.3, -0.25) is 4.90 Å². The largest absolute Gasteiger partial charge is 0.299 e. The zero-order chi connectivity index (χ0) is 10.9. The van der Waals surface area contributed by atoms with E-state index in [1.54, 1.807) is 0 Å². The summed E-state index contributed by atoms with van der Waals surface area (Å²) in [5.41, 5.74) is 0.459. The van der Waals surface area contributed by atoms with E-state index in [1.165, 1.54) is 38.8 Å². The van der Waals surface area contributed by atoms with Gasteiger partial charge in [0.25, 0.3) is 0 Å². The molecule has 0 aromatic carbocycles. The lowest BCUT2D eigenvalue weighted by atomic mass is 9.83. The summed E-state index contributed by atoms with van der Waals surface area (Å²) in [6.07, 6.45) is 6.27. The van der Waals surface area contributed by atoms with E-state index < -0.39 is 0 Å². The SMILES string of the molecule is CC1(C)CCCN(C2CCCC2C#N)C1. The third-order valence-electron chi connectivity index (χ3n) is 4.04. The Morgan fingerprint density at radius 3 is 2.73 bits per heavy atom. The predicted molar refractivity (Wildman–Crippen MR) is 61.3 cm³/mol. The molecule has 0 amide bonds. The van der Waals surface area contributed by atoms with Gasteiger partial charge in [-0.2, -0.15) is 5.26 Å². The summed E-state index contributed by atoms with van der Waals surface area (Å²) in [7, 11) is 0. The van der Waals surface area contributed by atoms with E-state index in [2.05, 4.69) is 24.8 Å². The lowest BCUT2D eigenvalue weighted by Crippen LogP contribution is -2.47. The van der Waals surface area contributed by atoms with Gasteiger partial charge in [-0.25, -0.2) is 0 Å². The van der Waals surface area contributed by atoms with Gasteiger partial charge < -0.3 is 0 Å². The molecule has 2 aliphatic rings. The molecule has 0 radical (unpaired) electrons. The van der Waals surface area contributed by atoms with Crippen LogP contribution in [-0.2, 0) is 0 Å². The first kappa shape index (κ1) is 11.0. The maximum absolute atomic E-state index is 9.12. The van der Waals surface area contributed by atoms with Gasteiger partial charge in [-0.1, -0.05) is 20.3 Å². The van der Waals surface area contributed by atoms with Crippen LogP contribution in [0.3, 0.4) is 0 Å². The average Bonchev–Trinajstić information content (AvgIpc) is 2.63. The molecule has 0 aromatic rings. The Morgan fingerprint density at radius 2 is 2.07 bits per heavy atom. The van der Waals surface area contributed by atoms with Crippen LogP contribution in [0.25, 0.3) is 0 Å². The van der Waals surface area contributed by atoms with Gasteiger partial charge in [0, 0.05) is 12.6 Å². The van der Waals surface area contributed by atoms with Crippen molar-refractivity contribution >= 4 is 0 Å². The van der Waals surface area contributed by atoms with Crippen LogP contribution in [-0.4, -0.2) is 24.0 Å². The molecular weight excluding hydrogens is 184 g/mol. The fraction of sp³-hybridized carbons (Fsp3) is 0.923. The van der Waals surface area contributed by atoms with Crippen LogP contribution in [0.2, 0.25) is 0 Å². The normalized spacial score (nSPS) is 36.3. The molecule has 1 saturated heterocycles. The summed E-state index contributed by atoms with van der Waals surface area (Å²) in [5.74, 6) is 0.305. The third-order valence-corrected chi connectivity index (χ3v) is 4.04. The van der Waals surface area contributed by atoms with Crippen LogP contribution < -0.4 is 0 Å². The van der Waals surface area contributed by atoms with Gasteiger partial charge in [0.1, 0.15) is 0 Å². The molecular formula is C13H22N2. The highest BCUT2D eigenvalue weighted by Gasteiger charge is 2.36. The van der Waals surface area contributed by atoms with Crippen LogP contribution >= 0.6 is 0 Å². The van der Waals surface area contributed by atoms with E-state index in [0.29, 0.717) is 17.4 Å². The molecule has 1 aliphatic heterocycles. The zero-order valence-electron chi connectivity index (χ0n) is 10.00. The third kappa shape index (κ3) is 2.34. The van der Waals surface area contributed by atoms with E-state index in [-0.39, 0.29) is 0 Å². The Hall–Kier alpha value is -0.550. The molecule has 1 aliphatic carbocycles. The number of hydrogen-bond donors (Lipinski definition) is 0. The molecule has 2 nitrogen and oxygen atoms in total. The minimum absolute atomic E-state index is 0.305. The van der Waals surface area contributed by atoms with Gasteiger partial charge in [0.05, 0.1) is 12.0 Å². The van der Waals surface area contributed by atoms with Gasteiger partial charge in [0.2, 0.25) is 0 Å². The number of rotatable bonds is 1. The molecule has 2 unspecified atom stereocenters. The molecule has 1 heterocycles. The van der Waals surface area contributed by atoms with E-state index >= 15 is 0 Å². The van der Waals surface area contributed by atoms with Crippen LogP contribution in [0.15, 0.2) is 0 Å². The van der Waals surface area contributed by atoms with Crippen molar-refractivity contribution in [1.82, 2.24) is 4.90 Å². The maximum Gasteiger partial charge on any atom is 0.0672 e. The molecule has 0 bridgehead atoms. The monoisotopic (exact) mass is 206 g/mol. The number of piperidine rings is 1. The molecule has 84 valence electrons. The van der Waals surface area contributed by atoms with Gasteiger partial charge in [-0.05, 0) is 37.6 Å². The summed E-state index contributed by atoms with van der Waals surface area (Å²) in [5, 5.41) is 9.12. The molecule has 2 heteroatoms. The second-order valence-corrected chi connectivity index (χ2v) is 5.97. The Labute approximate surface area is 93.3 Å². The molecule has 0 aromatic heterocycles. The van der Waals surface area contributed by atoms with Crippen LogP contribution in [0.1, 0.15) is 46.0 Å². The minimum Gasteiger partial charge on any atom is -0.299 e. The van der Waals surface area contributed by atoms with E-state index in [1.807, 2.05) is 0 Å². The van der Waals surface area contributed by atoms with Crippen molar-refractivity contribution in [3.05, 3.63) is 0 Å². The minimum atomic E-state index is 0.305. The van der Waals surface area contributed by atoms with Crippen molar-refractivity contribution in [3.8, 4) is 6.07 Å². The van der Waals surface area contributed by atoms with Crippen molar-refractivity contribution in [2.45, 2.75) is 52.0 Å². The molecule has 15 heavy (non-hydrogen) atoms. The Kier molecular flexibility index (Phi) is 3.02. The van der Waals surface area contributed by atoms with Crippen LogP contribution in [0, 0.1) is 22.7 Å². The van der Waals surface area contributed by atoms with E-state index in [9.17, 15) is 0 Å². The summed E-state index contributed by atoms with van der Waals surface area (Å²) in [6, 6.07) is 3.06. The summed E-state index contributed by atoms with van der Waals surface area (Å²) in [6.45, 7) is 7.12. The first-order chi connectivity index (χ1) is 7.12. The highest BCUT2D eigenvalue weighted by Crippen LogP contribution is 2.35. The summed E-state index contributed by atoms with van der Waals surface area (Å²) in [4.78, 5) is 2.59. The smallest absolute Gasteiger partial charge is 0.0672 e. The van der Waals surface area contributed by atoms with Crippen molar-refractivity contribution < 1.29 is 0 Å². The molecule has 0 spiro atoms. The highest BCUT2D eigenvalue weighted by molar-refractivity contribution is 4.99. The lowest BCUT2D eigenvalue weighted by molar-refractivity contribution is 0.0703. The number of likely N-dealkylation sites (tertiary alicyclic amines) is 1. The van der Waals surface area contributed by atoms with E-state index in [0.717, 1.165) is 6.42 Å². The second-order valence-electron chi connectivity index (χ2n) is 5.97. The first-order valence-corrected chi connectivity index (χ1v) is 6.26. The number of nitriles is 1. The molecule has 2 atom stereocenters. The Morgan fingerprint density at radius 1 is 1.27 bits per heavy atom. The maximum atomic E-state index is 9.12. The van der Waals surface area contributed by atoms with E-state index in [4.69, 9.17) is 5.26 Å². The number of nitrogens with zero attached hydrogens (tertiary/aromatic N) is 2. The van der Waals surface area contributed by atoms with Crippen molar-refractivity contribution in [2.75, 3.05) is 13.1 Å². The molecule has 0 N–H and O–H groups in total. The van der Waals surface area contributed by atoms with Gasteiger partial charge in [0.15, 0.2) is 0 Å². The van der Waals surface area contributed by atoms with Gasteiger partial charge >= 0.3 is 0 Å². The topological polar surface area (TPSA) is 27.0 Å². The van der Waals surface area contributed by atoms with Crippen LogP contribution in [0.5, 0.6) is 0 Å². The standard InChI is InChI=1S/C13H22N2/c1-13(2)7-4-8-15(10-13)12-6-3-5-11(12)9-14/h11-12H,3-8,10H2,1-2H3. The lowest BCUT2D eigenvalue weighted by Gasteiger charge is -2.42. The summed E-state index contributed by atoms with van der Waals surface area (Å²) < 4.78 is 0. The zero-order valence-corrected chi connectivity index (χ0v) is 10.00. The fourth-order valence-electron chi connectivity index (χ4n) is 3.28. The molecule has 2 rings (SSSR count). The van der Waals surface area contributed by atoms with Crippen molar-refractivity contribution in [1.29, 1.82) is 5.26 Å². The van der Waals surface area contributed by atoms with Crippen molar-refractivity contribution in [2.24, 2.45) is 11.3 Å². The Balaban J connectivity index is 2.01. The quantitative estimate of drug-likeness (QED) is 0.659. The van der Waals surface area contributed by atoms with Crippen LogP contribution in [0.4, 0.5) is 0 Å². The molecule has 2 fully saturated rings. The first-order valence-electron chi connectivity index (χ1n) is 6.26. The average molecular weight is 206 g/mol. The highest BCUT2D eigenvalue weighted by atomic mass is 15.2. The van der Waals surface area contributed by atoms with Crippen molar-refractivity contribution in [3.63, 3.8) is 0 Å². The van der Waals surface area contributed by atoms with Gasteiger partial charge in [-0.15, -0.1) is 0 Å². The Bertz CT molecular complexity index is 264. The fourth-order valence-corrected chi connectivity index (χ4v) is 3.28. The number of hydrogen-bond acceptors (Lipinski definition) is 2.